The second-order valence-electron chi connectivity index (χ2n) is 3.07. The van der Waals surface area contributed by atoms with Crippen LogP contribution in [0.25, 0.3) is 0 Å². The van der Waals surface area contributed by atoms with Crippen molar-refractivity contribution < 1.29 is 4.79 Å². The minimum atomic E-state index is -0.235. The number of rotatable bonds is 3. The highest BCUT2D eigenvalue weighted by atomic mass is 79.9. The molecule has 0 radical (unpaired) electrons. The Labute approximate surface area is 100 Å². The third kappa shape index (κ3) is 2.58. The Kier molecular flexibility index (Phi) is 4.13. The number of hydrogen-bond donors (Lipinski definition) is 1. The van der Waals surface area contributed by atoms with E-state index in [1.54, 1.807) is 6.92 Å². The molecule has 0 spiro atoms. The minimum Gasteiger partial charge on any atom is -0.398 e. The van der Waals surface area contributed by atoms with E-state index in [-0.39, 0.29) is 10.6 Å². The highest BCUT2D eigenvalue weighted by Gasteiger charge is 2.13. The lowest BCUT2D eigenvalue weighted by atomic mass is 10.1. The molecule has 2 N–H and O–H groups in total. The molecule has 76 valence electrons. The molecule has 1 unspecified atom stereocenters. The molecule has 0 aliphatic carbocycles. The van der Waals surface area contributed by atoms with Crippen molar-refractivity contribution in [2.75, 3.05) is 5.73 Å². The lowest BCUT2D eigenvalue weighted by Crippen LogP contribution is -2.02. The lowest BCUT2D eigenvalue weighted by molar-refractivity contribution is -0.116. The van der Waals surface area contributed by atoms with Gasteiger partial charge in [-0.15, -0.1) is 0 Å². The van der Waals surface area contributed by atoms with E-state index in [0.717, 1.165) is 16.8 Å². The maximum atomic E-state index is 11.1. The van der Waals surface area contributed by atoms with Crippen LogP contribution in [0.4, 0.5) is 5.69 Å². The predicted octanol–water partition coefficient (Wildman–Crippen LogP) is 3.19. The number of benzene rings is 1. The Hall–Kier alpha value is -0.350. The van der Waals surface area contributed by atoms with Crippen LogP contribution >= 0.6 is 31.9 Å². The van der Waals surface area contributed by atoms with Crippen LogP contribution in [0.15, 0.2) is 18.2 Å². The number of alkyl halides is 2. The number of carbonyl (C=O) groups excluding carboxylic acids is 1. The van der Waals surface area contributed by atoms with Gasteiger partial charge in [-0.25, -0.2) is 0 Å². The first-order valence-electron chi connectivity index (χ1n) is 4.15. The number of hydrogen-bond acceptors (Lipinski definition) is 2. The van der Waals surface area contributed by atoms with Crippen LogP contribution in [0.2, 0.25) is 0 Å². The lowest BCUT2D eigenvalue weighted by Gasteiger charge is -2.09. The monoisotopic (exact) mass is 319 g/mol. The smallest absolute Gasteiger partial charge is 0.147 e. The zero-order chi connectivity index (χ0) is 10.7. The third-order valence-electron chi connectivity index (χ3n) is 1.96. The molecule has 0 saturated heterocycles. The first-order chi connectivity index (χ1) is 6.56. The highest BCUT2D eigenvalue weighted by Crippen LogP contribution is 2.27. The first kappa shape index (κ1) is 11.7. The summed E-state index contributed by atoms with van der Waals surface area (Å²) in [6.45, 7) is 1.56. The molecule has 0 heterocycles. The van der Waals surface area contributed by atoms with Crippen molar-refractivity contribution in [2.45, 2.75) is 17.1 Å². The van der Waals surface area contributed by atoms with E-state index in [4.69, 9.17) is 5.73 Å². The zero-order valence-electron chi connectivity index (χ0n) is 7.76. The van der Waals surface area contributed by atoms with Crippen LogP contribution < -0.4 is 5.73 Å². The number of Topliss-reactive ketones (excluding diaryl/α,β-unsaturated/α-hetero) is 1. The van der Waals surface area contributed by atoms with Crippen molar-refractivity contribution in [3.05, 3.63) is 29.3 Å². The topological polar surface area (TPSA) is 43.1 Å². The number of nitrogen functional groups attached to an aromatic ring is 1. The highest BCUT2D eigenvalue weighted by molar-refractivity contribution is 9.09. The Balaban J connectivity index is 3.06. The van der Waals surface area contributed by atoms with Crippen molar-refractivity contribution in [1.29, 1.82) is 0 Å². The molecule has 1 atom stereocenters. The number of halogens is 2. The molecule has 0 bridgehead atoms. The quantitative estimate of drug-likeness (QED) is 0.686. The summed E-state index contributed by atoms with van der Waals surface area (Å²) < 4.78 is 0. The van der Waals surface area contributed by atoms with Gasteiger partial charge in [0.15, 0.2) is 0 Å². The van der Waals surface area contributed by atoms with Gasteiger partial charge in [0.2, 0.25) is 0 Å². The maximum Gasteiger partial charge on any atom is 0.147 e. The fraction of sp³-hybridized carbons (Fsp3) is 0.300. The second-order valence-corrected chi connectivity index (χ2v) is 4.54. The maximum absolute atomic E-state index is 11.1. The summed E-state index contributed by atoms with van der Waals surface area (Å²) >= 11 is 6.68. The predicted molar refractivity (Wildman–Crippen MR) is 65.8 cm³/mol. The number of anilines is 1. The summed E-state index contributed by atoms with van der Waals surface area (Å²) in [6.07, 6.45) is 0. The Morgan fingerprint density at radius 2 is 2.21 bits per heavy atom. The molecule has 1 rings (SSSR count). The average molecular weight is 321 g/mol. The largest absolute Gasteiger partial charge is 0.398 e. The molecule has 0 amide bonds. The molecule has 0 fully saturated rings. The third-order valence-corrected chi connectivity index (χ3v) is 3.74. The SMILES string of the molecule is CC(=O)C(Br)c1ccc(N)c(CBr)c1. The van der Waals surface area contributed by atoms with Gasteiger partial charge in [-0.2, -0.15) is 0 Å². The summed E-state index contributed by atoms with van der Waals surface area (Å²) in [7, 11) is 0. The molecule has 0 aromatic heterocycles. The molecule has 0 aliphatic heterocycles. The summed E-state index contributed by atoms with van der Waals surface area (Å²) in [4.78, 5) is 10.9. The Bertz CT molecular complexity index is 352. The van der Waals surface area contributed by atoms with Gasteiger partial charge < -0.3 is 5.73 Å². The molecular weight excluding hydrogens is 310 g/mol. The van der Waals surface area contributed by atoms with E-state index in [1.165, 1.54) is 0 Å². The van der Waals surface area contributed by atoms with E-state index < -0.39 is 0 Å². The van der Waals surface area contributed by atoms with Gasteiger partial charge in [-0.3, -0.25) is 4.79 Å². The normalized spacial score (nSPS) is 12.5. The van der Waals surface area contributed by atoms with E-state index >= 15 is 0 Å². The van der Waals surface area contributed by atoms with Crippen LogP contribution in [-0.4, -0.2) is 5.78 Å². The summed E-state index contributed by atoms with van der Waals surface area (Å²) in [5.41, 5.74) is 8.44. The van der Waals surface area contributed by atoms with E-state index in [9.17, 15) is 4.79 Å². The van der Waals surface area contributed by atoms with Gasteiger partial charge in [0.05, 0.1) is 4.83 Å². The van der Waals surface area contributed by atoms with Crippen molar-refractivity contribution in [3.63, 3.8) is 0 Å². The summed E-state index contributed by atoms with van der Waals surface area (Å²) in [6, 6.07) is 5.62. The molecule has 0 saturated carbocycles. The van der Waals surface area contributed by atoms with Crippen LogP contribution in [0, 0.1) is 0 Å². The molecule has 4 heteroatoms. The Morgan fingerprint density at radius 3 is 2.71 bits per heavy atom. The summed E-state index contributed by atoms with van der Waals surface area (Å²) in [5.74, 6) is 0.0929. The van der Waals surface area contributed by atoms with E-state index in [0.29, 0.717) is 5.33 Å². The molecule has 2 nitrogen and oxygen atoms in total. The fourth-order valence-electron chi connectivity index (χ4n) is 1.13. The van der Waals surface area contributed by atoms with Gasteiger partial charge >= 0.3 is 0 Å². The molecule has 0 aliphatic rings. The van der Waals surface area contributed by atoms with Gasteiger partial charge in [0.1, 0.15) is 5.78 Å². The molecule has 1 aromatic carbocycles. The van der Waals surface area contributed by atoms with Crippen molar-refractivity contribution in [1.82, 2.24) is 0 Å². The van der Waals surface area contributed by atoms with Gasteiger partial charge in [0, 0.05) is 11.0 Å². The van der Waals surface area contributed by atoms with Crippen LogP contribution in [-0.2, 0) is 10.1 Å². The summed E-state index contributed by atoms with van der Waals surface area (Å²) in [5, 5.41) is 0.699. The van der Waals surface area contributed by atoms with Crippen LogP contribution in [0.1, 0.15) is 22.9 Å². The van der Waals surface area contributed by atoms with Gasteiger partial charge in [-0.05, 0) is 24.1 Å². The van der Waals surface area contributed by atoms with E-state index in [1.807, 2.05) is 18.2 Å². The van der Waals surface area contributed by atoms with Crippen molar-refractivity contribution in [2.24, 2.45) is 0 Å². The zero-order valence-corrected chi connectivity index (χ0v) is 10.9. The van der Waals surface area contributed by atoms with Gasteiger partial charge in [0.25, 0.3) is 0 Å². The first-order valence-corrected chi connectivity index (χ1v) is 6.18. The fourth-order valence-corrected chi connectivity index (χ4v) is 1.90. The van der Waals surface area contributed by atoms with E-state index in [2.05, 4.69) is 31.9 Å². The molecule has 14 heavy (non-hydrogen) atoms. The average Bonchev–Trinajstić information content (AvgIpc) is 2.17. The second kappa shape index (κ2) is 4.94. The van der Waals surface area contributed by atoms with Crippen molar-refractivity contribution >= 4 is 43.3 Å². The number of ketones is 1. The molecular formula is C10H11Br2NO. The van der Waals surface area contributed by atoms with Crippen LogP contribution in [0.3, 0.4) is 0 Å². The van der Waals surface area contributed by atoms with Crippen molar-refractivity contribution in [3.8, 4) is 0 Å². The minimum absolute atomic E-state index is 0.0929. The number of nitrogens with two attached hydrogens (primary N) is 1. The molecule has 1 aromatic rings. The Morgan fingerprint density at radius 1 is 1.57 bits per heavy atom. The number of carbonyl (C=O) groups is 1. The van der Waals surface area contributed by atoms with Gasteiger partial charge in [-0.1, -0.05) is 44.0 Å². The standard InChI is InChI=1S/C10H11Br2NO/c1-6(14)10(12)7-2-3-9(13)8(4-7)5-11/h2-4,10H,5,13H2,1H3. The van der Waals surface area contributed by atoms with Crippen LogP contribution in [0.5, 0.6) is 0 Å².